The summed E-state index contributed by atoms with van der Waals surface area (Å²) in [6.07, 6.45) is 0. The number of para-hydroxylation sites is 2. The summed E-state index contributed by atoms with van der Waals surface area (Å²) in [5, 5.41) is 18.6. The summed E-state index contributed by atoms with van der Waals surface area (Å²) in [6.45, 7) is 1.81. The van der Waals surface area contributed by atoms with Crippen molar-refractivity contribution in [3.63, 3.8) is 0 Å². The summed E-state index contributed by atoms with van der Waals surface area (Å²) in [5.41, 5.74) is 1.02. The molecule has 0 bridgehead atoms. The molecule has 2 aromatic carbocycles. The number of nitrogens with zero attached hydrogens (tertiary/aromatic N) is 2. The lowest BCUT2D eigenvalue weighted by Gasteiger charge is -2.01. The number of rotatable bonds is 2. The van der Waals surface area contributed by atoms with Gasteiger partial charge in [-0.3, -0.25) is 4.79 Å². The number of aromatic nitrogens is 1. The molecule has 4 aromatic rings. The van der Waals surface area contributed by atoms with E-state index in [1.54, 1.807) is 36.4 Å². The number of aryl methyl sites for hydroxylation is 1. The minimum Gasteiger partial charge on any atom is -0.493 e. The van der Waals surface area contributed by atoms with Gasteiger partial charge in [0.05, 0.1) is 5.52 Å². The summed E-state index contributed by atoms with van der Waals surface area (Å²) in [4.78, 5) is 27.2. The van der Waals surface area contributed by atoms with Crippen LogP contribution >= 0.6 is 0 Å². The molecule has 2 aromatic heterocycles. The molecule has 7 heteroatoms. The zero-order valence-electron chi connectivity index (χ0n) is 13.7. The summed E-state index contributed by atoms with van der Waals surface area (Å²) >= 11 is 0. The number of nitrogens with one attached hydrogen (secondary N) is 1. The second-order valence-corrected chi connectivity index (χ2v) is 5.81. The van der Waals surface area contributed by atoms with Gasteiger partial charge in [-0.05, 0) is 24.6 Å². The van der Waals surface area contributed by atoms with Crippen LogP contribution in [-0.2, 0) is 0 Å². The largest absolute Gasteiger partial charge is 0.493 e. The maximum Gasteiger partial charge on any atom is 0.349 e. The van der Waals surface area contributed by atoms with Gasteiger partial charge in [0.25, 0.3) is 0 Å². The lowest BCUT2D eigenvalue weighted by atomic mass is 10.1. The molecule has 0 fully saturated rings. The minimum absolute atomic E-state index is 0.134. The van der Waals surface area contributed by atoms with Crippen molar-refractivity contribution in [2.24, 2.45) is 10.2 Å². The standard InChI is InChI=1S/C19H13N3O4/c1-10-5-4-6-11-9-13(19(25)26-16(10)11)17(23)22-21-15-12-7-2-3-8-14(12)20-18(15)24/h2-9,20,24H,1H3. The van der Waals surface area contributed by atoms with E-state index < -0.39 is 11.5 Å². The molecule has 128 valence electrons. The molecule has 4 rings (SSSR count). The lowest BCUT2D eigenvalue weighted by molar-refractivity contribution is 0.0991. The number of aromatic hydroxyl groups is 1. The molecular formula is C19H13N3O4. The molecule has 2 heterocycles. The Kier molecular flexibility index (Phi) is 3.62. The highest BCUT2D eigenvalue weighted by Crippen LogP contribution is 2.35. The molecule has 1 amide bonds. The number of benzene rings is 2. The van der Waals surface area contributed by atoms with Crippen molar-refractivity contribution in [1.29, 1.82) is 0 Å². The van der Waals surface area contributed by atoms with Crippen molar-refractivity contribution >= 4 is 33.5 Å². The monoisotopic (exact) mass is 347 g/mol. The first-order valence-electron chi connectivity index (χ1n) is 7.84. The molecule has 0 spiro atoms. The summed E-state index contributed by atoms with van der Waals surface area (Å²) in [7, 11) is 0. The third-order valence-electron chi connectivity index (χ3n) is 4.09. The maximum absolute atomic E-state index is 12.3. The van der Waals surface area contributed by atoms with Crippen molar-refractivity contribution in [2.75, 3.05) is 0 Å². The van der Waals surface area contributed by atoms with Crippen LogP contribution in [0.25, 0.3) is 21.9 Å². The highest BCUT2D eigenvalue weighted by Gasteiger charge is 2.15. The molecular weight excluding hydrogens is 334 g/mol. The number of H-pyrrole nitrogens is 1. The molecule has 0 atom stereocenters. The zero-order valence-corrected chi connectivity index (χ0v) is 13.7. The van der Waals surface area contributed by atoms with E-state index in [0.717, 1.165) is 5.56 Å². The Morgan fingerprint density at radius 2 is 1.96 bits per heavy atom. The number of aromatic amines is 1. The zero-order chi connectivity index (χ0) is 18.3. The number of azo groups is 1. The fourth-order valence-electron chi connectivity index (χ4n) is 2.80. The fourth-order valence-corrected chi connectivity index (χ4v) is 2.80. The van der Waals surface area contributed by atoms with Gasteiger partial charge in [0.2, 0.25) is 5.88 Å². The average Bonchev–Trinajstić information content (AvgIpc) is 2.95. The summed E-state index contributed by atoms with van der Waals surface area (Å²) < 4.78 is 5.24. The van der Waals surface area contributed by atoms with Crippen molar-refractivity contribution in [1.82, 2.24) is 4.98 Å². The van der Waals surface area contributed by atoms with E-state index in [1.165, 1.54) is 6.07 Å². The predicted molar refractivity (Wildman–Crippen MR) is 96.0 cm³/mol. The number of carbonyl (C=O) groups is 1. The van der Waals surface area contributed by atoms with E-state index in [-0.39, 0.29) is 17.1 Å². The Bertz CT molecular complexity index is 1250. The average molecular weight is 347 g/mol. The van der Waals surface area contributed by atoms with Crippen LogP contribution in [0, 0.1) is 6.92 Å². The van der Waals surface area contributed by atoms with Gasteiger partial charge in [-0.15, -0.1) is 10.2 Å². The van der Waals surface area contributed by atoms with Crippen LogP contribution in [0.4, 0.5) is 5.69 Å². The van der Waals surface area contributed by atoms with Crippen molar-refractivity contribution in [2.45, 2.75) is 6.92 Å². The predicted octanol–water partition coefficient (Wildman–Crippen LogP) is 4.21. The van der Waals surface area contributed by atoms with Gasteiger partial charge >= 0.3 is 11.5 Å². The maximum atomic E-state index is 12.3. The van der Waals surface area contributed by atoms with Crippen LogP contribution in [0.2, 0.25) is 0 Å². The first-order valence-corrected chi connectivity index (χ1v) is 7.84. The minimum atomic E-state index is -0.841. The van der Waals surface area contributed by atoms with Gasteiger partial charge in [-0.2, -0.15) is 0 Å². The molecule has 2 N–H and O–H groups in total. The van der Waals surface area contributed by atoms with Crippen LogP contribution in [0.1, 0.15) is 15.9 Å². The summed E-state index contributed by atoms with van der Waals surface area (Å²) in [6, 6.07) is 13.9. The highest BCUT2D eigenvalue weighted by molar-refractivity contribution is 5.98. The number of carbonyl (C=O) groups excluding carboxylic acids is 1. The number of hydrogen-bond acceptors (Lipinski definition) is 5. The number of hydrogen-bond donors (Lipinski definition) is 2. The van der Waals surface area contributed by atoms with Crippen LogP contribution in [0.15, 0.2) is 68.0 Å². The van der Waals surface area contributed by atoms with Crippen LogP contribution < -0.4 is 5.63 Å². The molecule has 0 aliphatic heterocycles. The Morgan fingerprint density at radius 3 is 2.81 bits per heavy atom. The van der Waals surface area contributed by atoms with Crippen LogP contribution in [-0.4, -0.2) is 16.0 Å². The smallest absolute Gasteiger partial charge is 0.349 e. The third kappa shape index (κ3) is 2.55. The van der Waals surface area contributed by atoms with Crippen LogP contribution in [0.5, 0.6) is 5.88 Å². The van der Waals surface area contributed by atoms with E-state index in [1.807, 2.05) is 13.0 Å². The molecule has 7 nitrogen and oxygen atoms in total. The molecule has 26 heavy (non-hydrogen) atoms. The van der Waals surface area contributed by atoms with Gasteiger partial charge in [-0.1, -0.05) is 36.4 Å². The Morgan fingerprint density at radius 1 is 1.15 bits per heavy atom. The lowest BCUT2D eigenvalue weighted by Crippen LogP contribution is -2.12. The number of amides is 1. The SMILES string of the molecule is Cc1cccc2cc(C(=O)N=Nc3c(O)[nH]c4ccccc34)c(=O)oc12. The third-order valence-corrected chi connectivity index (χ3v) is 4.09. The normalized spacial score (nSPS) is 11.6. The Balaban J connectivity index is 1.75. The van der Waals surface area contributed by atoms with Gasteiger partial charge in [-0.25, -0.2) is 4.79 Å². The quantitative estimate of drug-likeness (QED) is 0.418. The highest BCUT2D eigenvalue weighted by atomic mass is 16.4. The van der Waals surface area contributed by atoms with Crippen LogP contribution in [0.3, 0.4) is 0 Å². The van der Waals surface area contributed by atoms with Gasteiger partial charge in [0.1, 0.15) is 11.1 Å². The first-order chi connectivity index (χ1) is 12.5. The first kappa shape index (κ1) is 15.8. The van der Waals surface area contributed by atoms with Gasteiger partial charge in [0, 0.05) is 10.8 Å². The van der Waals surface area contributed by atoms with E-state index in [2.05, 4.69) is 15.2 Å². The molecule has 0 saturated carbocycles. The second-order valence-electron chi connectivity index (χ2n) is 5.81. The van der Waals surface area contributed by atoms with E-state index >= 15 is 0 Å². The molecule has 0 radical (unpaired) electrons. The number of fused-ring (bicyclic) bond motifs is 2. The molecule has 0 aliphatic rings. The fraction of sp³-hybridized carbons (Fsp3) is 0.0526. The van der Waals surface area contributed by atoms with E-state index in [0.29, 0.717) is 21.9 Å². The molecule has 0 unspecified atom stereocenters. The second kappa shape index (κ2) is 5.96. The Labute approximate surface area is 146 Å². The van der Waals surface area contributed by atoms with Crippen molar-refractivity contribution in [3.05, 3.63) is 70.1 Å². The van der Waals surface area contributed by atoms with Gasteiger partial charge < -0.3 is 14.5 Å². The van der Waals surface area contributed by atoms with Crippen molar-refractivity contribution in [3.8, 4) is 5.88 Å². The van der Waals surface area contributed by atoms with E-state index in [4.69, 9.17) is 4.42 Å². The molecule has 0 aliphatic carbocycles. The Hall–Kier alpha value is -3.74. The van der Waals surface area contributed by atoms with E-state index in [9.17, 15) is 14.7 Å². The summed E-state index contributed by atoms with van der Waals surface area (Å²) in [5.74, 6) is -1.05. The topological polar surface area (TPSA) is 108 Å². The molecule has 0 saturated heterocycles. The van der Waals surface area contributed by atoms with Crippen molar-refractivity contribution < 1.29 is 14.3 Å². The van der Waals surface area contributed by atoms with Gasteiger partial charge in [0.15, 0.2) is 5.69 Å².